The Morgan fingerprint density at radius 2 is 1.76 bits per heavy atom. The van der Waals surface area contributed by atoms with Crippen molar-refractivity contribution in [1.82, 2.24) is 3.97 Å². The number of methoxy groups -OCH3 is 1. The van der Waals surface area contributed by atoms with Crippen molar-refractivity contribution < 1.29 is 31.5 Å². The van der Waals surface area contributed by atoms with Gasteiger partial charge in [-0.15, -0.1) is 0 Å². The predicted molar refractivity (Wildman–Crippen MR) is 121 cm³/mol. The van der Waals surface area contributed by atoms with Crippen molar-refractivity contribution >= 4 is 42.8 Å². The van der Waals surface area contributed by atoms with Crippen LogP contribution in [0.4, 0.5) is 8.78 Å². The Bertz CT molecular complexity index is 1470. The van der Waals surface area contributed by atoms with Gasteiger partial charge in [-0.2, -0.15) is 0 Å². The maximum atomic E-state index is 15.2. The van der Waals surface area contributed by atoms with Crippen LogP contribution in [-0.2, 0) is 20.1 Å². The van der Waals surface area contributed by atoms with Crippen LogP contribution in [0.1, 0.15) is 15.9 Å². The number of fused-ring (bicyclic) bond motifs is 1. The average molecular weight is 536 g/mol. The van der Waals surface area contributed by atoms with Gasteiger partial charge in [-0.05, 0) is 36.4 Å². The first kappa shape index (κ1) is 22.9. The minimum absolute atomic E-state index is 0.00795. The van der Waals surface area contributed by atoms with E-state index in [0.29, 0.717) is 10.9 Å². The Hall–Kier alpha value is -3.24. The van der Waals surface area contributed by atoms with Gasteiger partial charge in [0.15, 0.2) is 11.6 Å². The molecule has 0 bridgehead atoms. The fourth-order valence-corrected chi connectivity index (χ4v) is 5.30. The smallest absolute Gasteiger partial charge is 0.340 e. The molecule has 0 fully saturated rings. The molecule has 0 amide bonds. The van der Waals surface area contributed by atoms with Gasteiger partial charge in [0, 0.05) is 28.5 Å². The SMILES string of the molecule is COC(=O)c1cc(Oc2c(F)cc3c(ccn3S(=O)(=O)c3ccccc3)c2CBr)ccc1F. The normalized spacial score (nSPS) is 11.5. The third-order valence-electron chi connectivity index (χ3n) is 4.97. The van der Waals surface area contributed by atoms with Crippen LogP contribution in [0.15, 0.2) is 71.8 Å². The van der Waals surface area contributed by atoms with E-state index in [1.54, 1.807) is 24.3 Å². The van der Waals surface area contributed by atoms with Crippen molar-refractivity contribution in [3.8, 4) is 11.5 Å². The van der Waals surface area contributed by atoms with Gasteiger partial charge in [-0.25, -0.2) is 26.0 Å². The highest BCUT2D eigenvalue weighted by Crippen LogP contribution is 2.37. The van der Waals surface area contributed by atoms with Gasteiger partial charge in [-0.3, -0.25) is 0 Å². The summed E-state index contributed by atoms with van der Waals surface area (Å²) in [7, 11) is -2.85. The molecular formula is C23H16BrF2NO5S. The van der Waals surface area contributed by atoms with Crippen LogP contribution >= 0.6 is 15.9 Å². The summed E-state index contributed by atoms with van der Waals surface area (Å²) in [5, 5.41) is 0.579. The Labute approximate surface area is 196 Å². The standard InChI is InChI=1S/C23H16BrF2NO5S/c1-31-23(28)17-11-14(7-8-19(17)25)32-22-18(13-24)16-9-10-27(21(16)12-20(22)26)33(29,30)15-5-3-2-4-6-15/h2-12H,13H2,1H3. The van der Waals surface area contributed by atoms with Gasteiger partial charge in [0.25, 0.3) is 10.0 Å². The van der Waals surface area contributed by atoms with E-state index < -0.39 is 27.6 Å². The largest absolute Gasteiger partial charge is 0.465 e. The molecule has 0 radical (unpaired) electrons. The summed E-state index contributed by atoms with van der Waals surface area (Å²) in [6.07, 6.45) is 1.34. The van der Waals surface area contributed by atoms with E-state index in [4.69, 9.17) is 4.74 Å². The first-order chi connectivity index (χ1) is 15.8. The molecule has 6 nitrogen and oxygen atoms in total. The molecule has 0 aliphatic carbocycles. The van der Waals surface area contributed by atoms with Gasteiger partial charge < -0.3 is 9.47 Å². The number of hydrogen-bond acceptors (Lipinski definition) is 5. The number of aromatic nitrogens is 1. The van der Waals surface area contributed by atoms with Gasteiger partial charge in [-0.1, -0.05) is 34.1 Å². The number of ether oxygens (including phenoxy) is 2. The van der Waals surface area contributed by atoms with Crippen LogP contribution in [0.3, 0.4) is 0 Å². The Morgan fingerprint density at radius 3 is 2.42 bits per heavy atom. The monoisotopic (exact) mass is 535 g/mol. The lowest BCUT2D eigenvalue weighted by molar-refractivity contribution is 0.0595. The fraction of sp³-hybridized carbons (Fsp3) is 0.0870. The molecule has 1 aromatic heterocycles. The molecule has 0 N–H and O–H groups in total. The second kappa shape index (κ2) is 8.95. The van der Waals surface area contributed by atoms with E-state index >= 15 is 4.39 Å². The van der Waals surface area contributed by atoms with Crippen LogP contribution in [0.25, 0.3) is 10.9 Å². The Balaban J connectivity index is 1.83. The van der Waals surface area contributed by atoms with Gasteiger partial charge >= 0.3 is 5.97 Å². The van der Waals surface area contributed by atoms with E-state index in [1.807, 2.05) is 0 Å². The number of alkyl halides is 1. The first-order valence-corrected chi connectivity index (χ1v) is 12.1. The van der Waals surface area contributed by atoms with E-state index in [1.165, 1.54) is 24.4 Å². The number of esters is 1. The third-order valence-corrected chi connectivity index (χ3v) is 7.23. The van der Waals surface area contributed by atoms with Gasteiger partial charge in [0.2, 0.25) is 0 Å². The fourth-order valence-electron chi connectivity index (χ4n) is 3.39. The van der Waals surface area contributed by atoms with Crippen LogP contribution < -0.4 is 4.74 Å². The highest BCUT2D eigenvalue weighted by molar-refractivity contribution is 9.08. The molecule has 4 aromatic rings. The molecule has 0 saturated heterocycles. The summed E-state index contributed by atoms with van der Waals surface area (Å²) in [5.74, 6) is -2.72. The molecule has 0 aliphatic heterocycles. The van der Waals surface area contributed by atoms with Gasteiger partial charge in [0.1, 0.15) is 11.6 Å². The van der Waals surface area contributed by atoms with Crippen molar-refractivity contribution in [3.63, 3.8) is 0 Å². The van der Waals surface area contributed by atoms with Crippen LogP contribution in [0, 0.1) is 11.6 Å². The summed E-state index contributed by atoms with van der Waals surface area (Å²) < 4.78 is 66.5. The molecule has 10 heteroatoms. The topological polar surface area (TPSA) is 74.6 Å². The zero-order valence-corrected chi connectivity index (χ0v) is 19.5. The van der Waals surface area contributed by atoms with Crippen molar-refractivity contribution in [1.29, 1.82) is 0 Å². The number of halogens is 3. The number of carbonyl (C=O) groups is 1. The molecular weight excluding hydrogens is 520 g/mol. The third kappa shape index (κ3) is 4.11. The van der Waals surface area contributed by atoms with Crippen LogP contribution in [0.2, 0.25) is 0 Å². The average Bonchev–Trinajstić information content (AvgIpc) is 3.24. The van der Waals surface area contributed by atoms with E-state index in [0.717, 1.165) is 29.3 Å². The molecule has 0 atom stereocenters. The zero-order valence-electron chi connectivity index (χ0n) is 17.1. The Morgan fingerprint density at radius 1 is 1.03 bits per heavy atom. The minimum Gasteiger partial charge on any atom is -0.465 e. The molecule has 1 heterocycles. The molecule has 4 rings (SSSR count). The molecule has 0 saturated carbocycles. The maximum Gasteiger partial charge on any atom is 0.340 e. The predicted octanol–water partition coefficient (Wildman–Crippen LogP) is 5.63. The Kier molecular flexibility index (Phi) is 6.22. The lowest BCUT2D eigenvalue weighted by Gasteiger charge is -2.14. The highest BCUT2D eigenvalue weighted by atomic mass is 79.9. The van der Waals surface area contributed by atoms with Gasteiger partial charge in [0.05, 0.1) is 23.1 Å². The molecule has 0 spiro atoms. The number of hydrogen-bond donors (Lipinski definition) is 0. The minimum atomic E-state index is -3.96. The van der Waals surface area contributed by atoms with Crippen molar-refractivity contribution in [2.24, 2.45) is 0 Å². The van der Waals surface area contributed by atoms with Crippen LogP contribution in [-0.4, -0.2) is 25.5 Å². The molecule has 170 valence electrons. The molecule has 0 aliphatic rings. The summed E-state index contributed by atoms with van der Waals surface area (Å²) in [6.45, 7) is 0. The number of benzene rings is 3. The van der Waals surface area contributed by atoms with E-state index in [2.05, 4.69) is 20.7 Å². The van der Waals surface area contributed by atoms with E-state index in [-0.39, 0.29) is 32.8 Å². The number of rotatable bonds is 6. The highest BCUT2D eigenvalue weighted by Gasteiger charge is 2.24. The lowest BCUT2D eigenvalue weighted by atomic mass is 10.1. The van der Waals surface area contributed by atoms with Crippen molar-refractivity contribution in [2.75, 3.05) is 7.11 Å². The maximum absolute atomic E-state index is 15.2. The van der Waals surface area contributed by atoms with Crippen molar-refractivity contribution in [2.45, 2.75) is 10.2 Å². The summed E-state index contributed by atoms with van der Waals surface area (Å²) in [4.78, 5) is 11.8. The molecule has 33 heavy (non-hydrogen) atoms. The summed E-state index contributed by atoms with van der Waals surface area (Å²) >= 11 is 3.30. The van der Waals surface area contributed by atoms with Crippen molar-refractivity contribution in [3.05, 3.63) is 89.6 Å². The summed E-state index contributed by atoms with van der Waals surface area (Å²) in [5.41, 5.74) is 0.112. The molecule has 0 unspecified atom stereocenters. The first-order valence-electron chi connectivity index (χ1n) is 9.52. The second-order valence-electron chi connectivity index (χ2n) is 6.90. The zero-order chi connectivity index (χ0) is 23.8. The lowest BCUT2D eigenvalue weighted by Crippen LogP contribution is -2.12. The van der Waals surface area contributed by atoms with Crippen LogP contribution in [0.5, 0.6) is 11.5 Å². The summed E-state index contributed by atoms with van der Waals surface area (Å²) in [6, 6.07) is 13.8. The number of nitrogens with zero attached hydrogens (tertiary/aromatic N) is 1. The second-order valence-corrected chi connectivity index (χ2v) is 9.27. The quantitative estimate of drug-likeness (QED) is 0.236. The molecule has 3 aromatic carbocycles. The van der Waals surface area contributed by atoms with E-state index in [9.17, 15) is 17.6 Å². The number of carbonyl (C=O) groups excluding carboxylic acids is 1.